The van der Waals surface area contributed by atoms with Crippen molar-refractivity contribution in [1.29, 1.82) is 0 Å². The van der Waals surface area contributed by atoms with Gasteiger partial charge in [0.05, 0.1) is 19.3 Å². The molecule has 0 amide bonds. The standard InChI is InChI=1S/C22H25N3O3/c1-24-14-19(21(26)25(2)22(24)27)13-23-20(18-11-7-4-8-12-18)16-28-15-17-9-5-3-6-10-17/h3-12,14,20,23H,13,15-16H2,1-2H3. The predicted octanol–water partition coefficient (Wildman–Crippen LogP) is 2.13. The predicted molar refractivity (Wildman–Crippen MR) is 109 cm³/mol. The highest BCUT2D eigenvalue weighted by atomic mass is 16.5. The minimum absolute atomic E-state index is 0.0770. The molecule has 0 radical (unpaired) electrons. The van der Waals surface area contributed by atoms with E-state index < -0.39 is 0 Å². The minimum atomic E-state index is -0.334. The van der Waals surface area contributed by atoms with Gasteiger partial charge in [0, 0.05) is 32.4 Å². The summed E-state index contributed by atoms with van der Waals surface area (Å²) in [6, 6.07) is 19.9. The number of ether oxygens (including phenoxy) is 1. The molecule has 0 bridgehead atoms. The summed E-state index contributed by atoms with van der Waals surface area (Å²) < 4.78 is 8.46. The molecule has 3 rings (SSSR count). The van der Waals surface area contributed by atoms with E-state index in [4.69, 9.17) is 4.74 Å². The molecule has 0 aliphatic heterocycles. The first kappa shape index (κ1) is 19.8. The van der Waals surface area contributed by atoms with E-state index in [1.165, 1.54) is 11.6 Å². The van der Waals surface area contributed by atoms with Gasteiger partial charge in [0.2, 0.25) is 0 Å². The van der Waals surface area contributed by atoms with Crippen LogP contribution in [0.5, 0.6) is 0 Å². The first-order valence-corrected chi connectivity index (χ1v) is 9.22. The average Bonchev–Trinajstić information content (AvgIpc) is 2.73. The van der Waals surface area contributed by atoms with E-state index >= 15 is 0 Å². The number of nitrogens with one attached hydrogen (secondary N) is 1. The zero-order chi connectivity index (χ0) is 19.9. The third-order valence-corrected chi connectivity index (χ3v) is 4.65. The molecule has 0 fully saturated rings. The van der Waals surface area contributed by atoms with Gasteiger partial charge in [-0.1, -0.05) is 60.7 Å². The monoisotopic (exact) mass is 379 g/mol. The molecule has 28 heavy (non-hydrogen) atoms. The number of hydrogen-bond donors (Lipinski definition) is 1. The Morgan fingerprint density at radius 1 is 0.964 bits per heavy atom. The fourth-order valence-corrected chi connectivity index (χ4v) is 3.06. The van der Waals surface area contributed by atoms with E-state index in [0.717, 1.165) is 15.7 Å². The van der Waals surface area contributed by atoms with Crippen molar-refractivity contribution in [3.05, 3.63) is 104 Å². The highest BCUT2D eigenvalue weighted by Crippen LogP contribution is 2.14. The van der Waals surface area contributed by atoms with Crippen molar-refractivity contribution in [2.24, 2.45) is 14.1 Å². The second kappa shape index (κ2) is 9.30. The van der Waals surface area contributed by atoms with E-state index in [1.807, 2.05) is 60.7 Å². The largest absolute Gasteiger partial charge is 0.375 e. The van der Waals surface area contributed by atoms with Crippen molar-refractivity contribution in [2.45, 2.75) is 19.2 Å². The van der Waals surface area contributed by atoms with Gasteiger partial charge < -0.3 is 14.6 Å². The molecule has 1 N–H and O–H groups in total. The fourth-order valence-electron chi connectivity index (χ4n) is 3.06. The lowest BCUT2D eigenvalue weighted by Gasteiger charge is -2.20. The van der Waals surface area contributed by atoms with Crippen LogP contribution in [0.4, 0.5) is 0 Å². The number of hydrogen-bond acceptors (Lipinski definition) is 4. The van der Waals surface area contributed by atoms with Crippen LogP contribution in [0.25, 0.3) is 0 Å². The smallest absolute Gasteiger partial charge is 0.330 e. The number of aromatic nitrogens is 2. The molecule has 1 unspecified atom stereocenters. The lowest BCUT2D eigenvalue weighted by atomic mass is 10.1. The molecule has 1 heterocycles. The zero-order valence-corrected chi connectivity index (χ0v) is 16.2. The first-order valence-electron chi connectivity index (χ1n) is 9.22. The molecule has 6 heteroatoms. The molecule has 3 aromatic rings. The molecule has 0 saturated heterocycles. The van der Waals surface area contributed by atoms with Crippen molar-refractivity contribution in [3.63, 3.8) is 0 Å². The normalized spacial score (nSPS) is 12.1. The number of rotatable bonds is 8. The van der Waals surface area contributed by atoms with Crippen molar-refractivity contribution < 1.29 is 4.74 Å². The Morgan fingerprint density at radius 2 is 1.61 bits per heavy atom. The van der Waals surface area contributed by atoms with E-state index in [0.29, 0.717) is 25.3 Å². The lowest BCUT2D eigenvalue weighted by Crippen LogP contribution is -2.40. The van der Waals surface area contributed by atoms with E-state index in [1.54, 1.807) is 13.2 Å². The Labute approximate surface area is 164 Å². The van der Waals surface area contributed by atoms with E-state index in [-0.39, 0.29) is 17.3 Å². The zero-order valence-electron chi connectivity index (χ0n) is 16.2. The second-order valence-electron chi connectivity index (χ2n) is 6.76. The summed E-state index contributed by atoms with van der Waals surface area (Å²) in [5.41, 5.74) is 2.11. The molecule has 0 spiro atoms. The summed E-state index contributed by atoms with van der Waals surface area (Å²) in [6.07, 6.45) is 1.59. The van der Waals surface area contributed by atoms with E-state index in [2.05, 4.69) is 5.32 Å². The van der Waals surface area contributed by atoms with Crippen LogP contribution in [0.1, 0.15) is 22.7 Å². The van der Waals surface area contributed by atoms with Crippen LogP contribution in [-0.4, -0.2) is 15.7 Å². The van der Waals surface area contributed by atoms with Crippen molar-refractivity contribution in [2.75, 3.05) is 6.61 Å². The first-order chi connectivity index (χ1) is 13.6. The van der Waals surface area contributed by atoms with Gasteiger partial charge in [0.15, 0.2) is 0 Å². The molecule has 1 aromatic heterocycles. The van der Waals surface area contributed by atoms with Crippen LogP contribution in [0, 0.1) is 0 Å². The molecule has 0 aliphatic carbocycles. The summed E-state index contributed by atoms with van der Waals surface area (Å²) in [6.45, 7) is 1.33. The quantitative estimate of drug-likeness (QED) is 0.651. The van der Waals surface area contributed by atoms with Gasteiger partial charge in [-0.05, 0) is 11.1 Å². The van der Waals surface area contributed by atoms with Gasteiger partial charge in [-0.3, -0.25) is 9.36 Å². The highest BCUT2D eigenvalue weighted by molar-refractivity contribution is 5.20. The van der Waals surface area contributed by atoms with Gasteiger partial charge in [-0.15, -0.1) is 0 Å². The molecular formula is C22H25N3O3. The molecule has 0 saturated carbocycles. The summed E-state index contributed by atoms with van der Waals surface area (Å²) in [5, 5.41) is 3.40. The molecule has 0 aliphatic rings. The molecule has 146 valence electrons. The van der Waals surface area contributed by atoms with Crippen LogP contribution < -0.4 is 16.6 Å². The summed E-state index contributed by atoms with van der Waals surface area (Å²) >= 11 is 0. The van der Waals surface area contributed by atoms with Crippen molar-refractivity contribution in [1.82, 2.24) is 14.5 Å². The fraction of sp³-hybridized carbons (Fsp3) is 0.273. The Balaban J connectivity index is 1.71. The molecule has 6 nitrogen and oxygen atoms in total. The maximum absolute atomic E-state index is 12.4. The molecular weight excluding hydrogens is 354 g/mol. The average molecular weight is 379 g/mol. The Bertz CT molecular complexity index is 1010. The third-order valence-electron chi connectivity index (χ3n) is 4.65. The third kappa shape index (κ3) is 4.85. The SMILES string of the molecule is Cn1cc(CNC(COCc2ccccc2)c2ccccc2)c(=O)n(C)c1=O. The van der Waals surface area contributed by atoms with Crippen LogP contribution >= 0.6 is 0 Å². The summed E-state index contributed by atoms with van der Waals surface area (Å²) in [4.78, 5) is 24.2. The van der Waals surface area contributed by atoms with Crippen molar-refractivity contribution >= 4 is 0 Å². The van der Waals surface area contributed by atoms with Gasteiger partial charge >= 0.3 is 5.69 Å². The Hall–Kier alpha value is -2.96. The Morgan fingerprint density at radius 3 is 2.29 bits per heavy atom. The van der Waals surface area contributed by atoms with Crippen LogP contribution in [0.15, 0.2) is 76.4 Å². The topological polar surface area (TPSA) is 65.3 Å². The summed E-state index contributed by atoms with van der Waals surface area (Å²) in [7, 11) is 3.13. The highest BCUT2D eigenvalue weighted by Gasteiger charge is 2.14. The minimum Gasteiger partial charge on any atom is -0.375 e. The summed E-state index contributed by atoms with van der Waals surface area (Å²) in [5.74, 6) is 0. The lowest BCUT2D eigenvalue weighted by molar-refractivity contribution is 0.0980. The van der Waals surface area contributed by atoms with Gasteiger partial charge in [0.25, 0.3) is 5.56 Å². The second-order valence-corrected chi connectivity index (χ2v) is 6.76. The van der Waals surface area contributed by atoms with Gasteiger partial charge in [-0.2, -0.15) is 0 Å². The maximum atomic E-state index is 12.4. The van der Waals surface area contributed by atoms with E-state index in [9.17, 15) is 9.59 Å². The van der Waals surface area contributed by atoms with Crippen molar-refractivity contribution in [3.8, 4) is 0 Å². The van der Waals surface area contributed by atoms with Crippen LogP contribution in [0.3, 0.4) is 0 Å². The van der Waals surface area contributed by atoms with Crippen LogP contribution in [0.2, 0.25) is 0 Å². The number of aryl methyl sites for hydroxylation is 1. The maximum Gasteiger partial charge on any atom is 0.330 e. The molecule has 2 aromatic carbocycles. The van der Waals surface area contributed by atoms with Gasteiger partial charge in [-0.25, -0.2) is 4.79 Å². The number of benzene rings is 2. The van der Waals surface area contributed by atoms with Gasteiger partial charge in [0.1, 0.15) is 0 Å². The number of nitrogens with zero attached hydrogens (tertiary/aromatic N) is 2. The molecule has 1 atom stereocenters. The van der Waals surface area contributed by atoms with Crippen LogP contribution in [-0.2, 0) is 32.0 Å². The Kier molecular flexibility index (Phi) is 6.57.